The van der Waals surface area contributed by atoms with Gasteiger partial charge >= 0.3 is 6.18 Å². The molecule has 25 heavy (non-hydrogen) atoms. The number of aryl methyl sites for hydroxylation is 1. The summed E-state index contributed by atoms with van der Waals surface area (Å²) in [4.78, 5) is -0.701. The maximum absolute atomic E-state index is 13.2. The number of hydrogen-bond acceptors (Lipinski definition) is 2. The summed E-state index contributed by atoms with van der Waals surface area (Å²) in [6, 6.07) is 11.3. The first kappa shape index (κ1) is 17.9. The van der Waals surface area contributed by atoms with Gasteiger partial charge in [-0.1, -0.05) is 36.4 Å². The zero-order valence-electron chi connectivity index (χ0n) is 13.6. The Morgan fingerprint density at radius 2 is 1.68 bits per heavy atom. The van der Waals surface area contributed by atoms with E-state index in [4.69, 9.17) is 0 Å². The molecule has 3 nitrogen and oxygen atoms in total. The lowest BCUT2D eigenvalue weighted by atomic mass is 9.88. The number of rotatable bonds is 3. The van der Waals surface area contributed by atoms with Crippen LogP contribution in [0.4, 0.5) is 13.2 Å². The molecule has 0 spiro atoms. The van der Waals surface area contributed by atoms with Crippen molar-refractivity contribution in [3.63, 3.8) is 0 Å². The molecule has 0 fully saturated rings. The molecule has 2 aromatic rings. The average molecular weight is 369 g/mol. The molecular weight excluding hydrogens is 351 g/mol. The highest BCUT2D eigenvalue weighted by Gasteiger charge is 2.40. The second-order valence-corrected chi connectivity index (χ2v) is 8.09. The predicted octanol–water partition coefficient (Wildman–Crippen LogP) is 4.40. The molecule has 0 saturated carbocycles. The minimum atomic E-state index is -4.73. The van der Waals surface area contributed by atoms with Crippen molar-refractivity contribution in [3.8, 4) is 0 Å². The minimum absolute atomic E-state index is 0.462. The van der Waals surface area contributed by atoms with E-state index in [2.05, 4.69) is 0 Å². The van der Waals surface area contributed by atoms with Crippen LogP contribution in [0.5, 0.6) is 0 Å². The number of alkyl halides is 3. The third-order valence-corrected chi connectivity index (χ3v) is 6.55. The molecule has 0 saturated heterocycles. The van der Waals surface area contributed by atoms with Gasteiger partial charge < -0.3 is 0 Å². The van der Waals surface area contributed by atoms with Crippen LogP contribution >= 0.6 is 0 Å². The Labute approximate surface area is 145 Å². The van der Waals surface area contributed by atoms with Crippen LogP contribution in [0.1, 0.15) is 35.6 Å². The molecule has 1 atom stereocenters. The first-order valence-corrected chi connectivity index (χ1v) is 9.39. The number of benzene rings is 2. The molecule has 1 aliphatic rings. The summed E-state index contributed by atoms with van der Waals surface area (Å²) in [6.45, 7) is 0. The number of nitrogens with zero attached hydrogens (tertiary/aromatic N) is 1. The topological polar surface area (TPSA) is 37.4 Å². The second kappa shape index (κ2) is 6.46. The lowest BCUT2D eigenvalue weighted by Crippen LogP contribution is -2.34. The SMILES string of the molecule is CN(C1CCCc2ccccc21)S(=O)(=O)c1ccccc1C(F)(F)F. The Balaban J connectivity index is 2.06. The molecule has 0 aliphatic heterocycles. The van der Waals surface area contributed by atoms with Crippen molar-refractivity contribution < 1.29 is 21.6 Å². The smallest absolute Gasteiger partial charge is 0.207 e. The monoisotopic (exact) mass is 369 g/mol. The van der Waals surface area contributed by atoms with Crippen LogP contribution in [0, 0.1) is 0 Å². The van der Waals surface area contributed by atoms with Crippen LogP contribution < -0.4 is 0 Å². The number of hydrogen-bond donors (Lipinski definition) is 0. The molecule has 0 aromatic heterocycles. The van der Waals surface area contributed by atoms with Gasteiger partial charge in [-0.05, 0) is 42.5 Å². The molecule has 7 heteroatoms. The van der Waals surface area contributed by atoms with Gasteiger partial charge in [0.15, 0.2) is 0 Å². The van der Waals surface area contributed by atoms with Gasteiger partial charge in [-0.2, -0.15) is 17.5 Å². The summed E-state index contributed by atoms with van der Waals surface area (Å²) in [5, 5.41) is 0. The summed E-state index contributed by atoms with van der Waals surface area (Å²) >= 11 is 0. The fourth-order valence-corrected chi connectivity index (χ4v) is 4.93. The summed E-state index contributed by atoms with van der Waals surface area (Å²) in [7, 11) is -2.93. The Hall–Kier alpha value is -1.86. The average Bonchev–Trinajstić information content (AvgIpc) is 2.60. The summed E-state index contributed by atoms with van der Waals surface area (Å²) in [6.07, 6.45) is -2.50. The Morgan fingerprint density at radius 1 is 1.04 bits per heavy atom. The van der Waals surface area contributed by atoms with Gasteiger partial charge in [-0.15, -0.1) is 0 Å². The molecule has 3 rings (SSSR count). The van der Waals surface area contributed by atoms with Crippen LogP contribution in [-0.4, -0.2) is 19.8 Å². The molecule has 0 N–H and O–H groups in total. The molecule has 2 aromatic carbocycles. The standard InChI is InChI=1S/C18H18F3NO2S/c1-22(16-11-6-8-13-7-2-3-9-14(13)16)25(23,24)17-12-5-4-10-15(17)18(19,20)21/h2-5,7,9-10,12,16H,6,8,11H2,1H3. The fourth-order valence-electron chi connectivity index (χ4n) is 3.35. The van der Waals surface area contributed by atoms with Crippen molar-refractivity contribution in [2.75, 3.05) is 7.05 Å². The van der Waals surface area contributed by atoms with Crippen molar-refractivity contribution >= 4 is 10.0 Å². The van der Waals surface area contributed by atoms with Crippen LogP contribution in [0.15, 0.2) is 53.4 Å². The van der Waals surface area contributed by atoms with Gasteiger partial charge in [0.25, 0.3) is 0 Å². The van der Waals surface area contributed by atoms with E-state index in [0.717, 1.165) is 40.4 Å². The number of sulfonamides is 1. The summed E-state index contributed by atoms with van der Waals surface area (Å²) < 4.78 is 66.7. The van der Waals surface area contributed by atoms with E-state index in [0.29, 0.717) is 6.42 Å². The summed E-state index contributed by atoms with van der Waals surface area (Å²) in [5.41, 5.74) is 0.778. The first-order valence-electron chi connectivity index (χ1n) is 7.95. The molecular formula is C18H18F3NO2S. The van der Waals surface area contributed by atoms with Crippen molar-refractivity contribution in [1.82, 2.24) is 4.31 Å². The Morgan fingerprint density at radius 3 is 2.40 bits per heavy atom. The van der Waals surface area contributed by atoms with Crippen LogP contribution in [-0.2, 0) is 22.6 Å². The first-order chi connectivity index (χ1) is 11.7. The van der Waals surface area contributed by atoms with Crippen molar-refractivity contribution in [3.05, 3.63) is 65.2 Å². The summed E-state index contributed by atoms with van der Waals surface area (Å²) in [5.74, 6) is 0. The lowest BCUT2D eigenvalue weighted by molar-refractivity contribution is -0.139. The third-order valence-electron chi connectivity index (χ3n) is 4.63. The second-order valence-electron chi connectivity index (χ2n) is 6.12. The van der Waals surface area contributed by atoms with Crippen LogP contribution in [0.3, 0.4) is 0 Å². The highest BCUT2D eigenvalue weighted by molar-refractivity contribution is 7.89. The van der Waals surface area contributed by atoms with Gasteiger partial charge in [0.05, 0.1) is 10.5 Å². The molecule has 0 amide bonds. The number of fused-ring (bicyclic) bond motifs is 1. The van der Waals surface area contributed by atoms with Crippen molar-refractivity contribution in [2.45, 2.75) is 36.4 Å². The number of halogens is 3. The lowest BCUT2D eigenvalue weighted by Gasteiger charge is -2.33. The Kier molecular flexibility index (Phi) is 4.64. The maximum Gasteiger partial charge on any atom is 0.417 e. The van der Waals surface area contributed by atoms with E-state index < -0.39 is 32.7 Å². The normalized spacial score (nSPS) is 18.2. The van der Waals surface area contributed by atoms with Gasteiger partial charge in [-0.3, -0.25) is 0 Å². The van der Waals surface area contributed by atoms with Gasteiger partial charge in [0.2, 0.25) is 10.0 Å². The van der Waals surface area contributed by atoms with Crippen molar-refractivity contribution in [1.29, 1.82) is 0 Å². The minimum Gasteiger partial charge on any atom is -0.207 e. The van der Waals surface area contributed by atoms with E-state index >= 15 is 0 Å². The quantitative estimate of drug-likeness (QED) is 0.804. The molecule has 1 unspecified atom stereocenters. The molecule has 1 aliphatic carbocycles. The van der Waals surface area contributed by atoms with Gasteiger partial charge in [0, 0.05) is 13.1 Å². The highest BCUT2D eigenvalue weighted by Crippen LogP contribution is 2.39. The van der Waals surface area contributed by atoms with E-state index in [1.54, 1.807) is 0 Å². The largest absolute Gasteiger partial charge is 0.417 e. The van der Waals surface area contributed by atoms with Crippen LogP contribution in [0.2, 0.25) is 0 Å². The van der Waals surface area contributed by atoms with Crippen LogP contribution in [0.25, 0.3) is 0 Å². The highest BCUT2D eigenvalue weighted by atomic mass is 32.2. The zero-order chi connectivity index (χ0) is 18.2. The molecule has 0 radical (unpaired) electrons. The van der Waals surface area contributed by atoms with E-state index in [9.17, 15) is 21.6 Å². The van der Waals surface area contributed by atoms with Gasteiger partial charge in [-0.25, -0.2) is 8.42 Å². The Bertz CT molecular complexity index is 878. The predicted molar refractivity (Wildman–Crippen MR) is 88.5 cm³/mol. The van der Waals surface area contributed by atoms with Crippen molar-refractivity contribution in [2.24, 2.45) is 0 Å². The van der Waals surface area contributed by atoms with E-state index in [-0.39, 0.29) is 0 Å². The molecule has 0 heterocycles. The zero-order valence-corrected chi connectivity index (χ0v) is 14.4. The maximum atomic E-state index is 13.2. The molecule has 0 bridgehead atoms. The van der Waals surface area contributed by atoms with Gasteiger partial charge in [0.1, 0.15) is 0 Å². The van der Waals surface area contributed by atoms with E-state index in [1.165, 1.54) is 19.2 Å². The fraction of sp³-hybridized carbons (Fsp3) is 0.333. The third kappa shape index (κ3) is 3.30. The van der Waals surface area contributed by atoms with E-state index in [1.807, 2.05) is 24.3 Å². The molecule has 134 valence electrons.